The van der Waals surface area contributed by atoms with Crippen molar-refractivity contribution in [2.45, 2.75) is 13.3 Å². The zero-order chi connectivity index (χ0) is 19.6. The molecule has 1 aromatic heterocycles. The number of ether oxygens (including phenoxy) is 1. The number of fused-ring (bicyclic) bond motifs is 1. The fourth-order valence-corrected chi connectivity index (χ4v) is 3.11. The molecule has 0 aliphatic carbocycles. The molecule has 0 fully saturated rings. The molecule has 0 atom stereocenters. The summed E-state index contributed by atoms with van der Waals surface area (Å²) in [5, 5.41) is 15.0. The highest BCUT2D eigenvalue weighted by atomic mass is 79.9. The number of aromatic nitrogens is 2. The summed E-state index contributed by atoms with van der Waals surface area (Å²) in [6.45, 7) is 5.41. The maximum Gasteiger partial charge on any atom is 0.282 e. The highest BCUT2D eigenvalue weighted by Gasteiger charge is 2.10. The number of phenols is 1. The second-order valence-corrected chi connectivity index (χ2v) is 6.82. The summed E-state index contributed by atoms with van der Waals surface area (Å²) in [6.07, 6.45) is 3.71. The second kappa shape index (κ2) is 7.75. The summed E-state index contributed by atoms with van der Waals surface area (Å²) in [7, 11) is 1.48. The van der Waals surface area contributed by atoms with E-state index in [0.717, 1.165) is 4.47 Å². The largest absolute Gasteiger partial charge is 0.504 e. The zero-order valence-corrected chi connectivity index (χ0v) is 16.5. The number of halogens is 1. The van der Waals surface area contributed by atoms with Crippen LogP contribution in [0.3, 0.4) is 0 Å². The molecule has 0 unspecified atom stereocenters. The standard InChI is InChI=1S/C20H18BrN3O3/c1-4-5-14-8-13(9-18(27-3)19(14)25)11-22-24-12(2)23-17-7-6-15(21)10-16(17)20(24)26/h4,6-11,25H,1,5H2,2-3H3. The minimum absolute atomic E-state index is 0.0696. The van der Waals surface area contributed by atoms with Gasteiger partial charge in [-0.05, 0) is 49.2 Å². The molecule has 0 aliphatic heterocycles. The van der Waals surface area contributed by atoms with Gasteiger partial charge in [0.15, 0.2) is 11.5 Å². The van der Waals surface area contributed by atoms with E-state index in [1.807, 2.05) is 6.07 Å². The van der Waals surface area contributed by atoms with E-state index in [1.165, 1.54) is 18.0 Å². The Kier molecular flexibility index (Phi) is 5.41. The van der Waals surface area contributed by atoms with E-state index in [9.17, 15) is 9.90 Å². The number of benzene rings is 2. The first-order valence-electron chi connectivity index (χ1n) is 8.18. The molecular weight excluding hydrogens is 410 g/mol. The summed E-state index contributed by atoms with van der Waals surface area (Å²) in [6, 6.07) is 8.77. The number of rotatable bonds is 5. The molecule has 0 bridgehead atoms. The van der Waals surface area contributed by atoms with Gasteiger partial charge in [-0.1, -0.05) is 22.0 Å². The van der Waals surface area contributed by atoms with Gasteiger partial charge in [0.2, 0.25) is 0 Å². The Morgan fingerprint density at radius 1 is 1.37 bits per heavy atom. The van der Waals surface area contributed by atoms with E-state index < -0.39 is 0 Å². The first-order valence-corrected chi connectivity index (χ1v) is 8.98. The molecule has 1 N–H and O–H groups in total. The molecule has 1 heterocycles. The van der Waals surface area contributed by atoms with Gasteiger partial charge in [0, 0.05) is 10.0 Å². The Bertz CT molecular complexity index is 1120. The lowest BCUT2D eigenvalue weighted by atomic mass is 10.1. The van der Waals surface area contributed by atoms with Crippen LogP contribution in [0.15, 0.2) is 57.4 Å². The fraction of sp³-hybridized carbons (Fsp3) is 0.150. The van der Waals surface area contributed by atoms with Gasteiger partial charge < -0.3 is 9.84 Å². The number of nitrogens with zero attached hydrogens (tertiary/aromatic N) is 3. The lowest BCUT2D eigenvalue weighted by molar-refractivity contribution is 0.371. The van der Waals surface area contributed by atoms with Crippen molar-refractivity contribution in [3.05, 3.63) is 74.8 Å². The van der Waals surface area contributed by atoms with Crippen LogP contribution in [-0.2, 0) is 6.42 Å². The molecule has 138 valence electrons. The van der Waals surface area contributed by atoms with Crippen LogP contribution in [0.2, 0.25) is 0 Å². The fourth-order valence-electron chi connectivity index (χ4n) is 2.75. The van der Waals surface area contributed by atoms with Gasteiger partial charge in [0.1, 0.15) is 5.82 Å². The smallest absolute Gasteiger partial charge is 0.282 e. The van der Waals surface area contributed by atoms with Gasteiger partial charge in [0.25, 0.3) is 5.56 Å². The molecule has 0 amide bonds. The molecule has 3 aromatic rings. The normalized spacial score (nSPS) is 11.2. The summed E-state index contributed by atoms with van der Waals surface area (Å²) in [4.78, 5) is 17.2. The van der Waals surface area contributed by atoms with Gasteiger partial charge in [-0.25, -0.2) is 4.98 Å². The van der Waals surface area contributed by atoms with E-state index in [1.54, 1.807) is 37.3 Å². The van der Waals surface area contributed by atoms with Crippen molar-refractivity contribution in [3.8, 4) is 11.5 Å². The predicted molar refractivity (Wildman–Crippen MR) is 110 cm³/mol. The third kappa shape index (κ3) is 3.78. The highest BCUT2D eigenvalue weighted by Crippen LogP contribution is 2.31. The van der Waals surface area contributed by atoms with Crippen molar-refractivity contribution >= 4 is 33.0 Å². The number of hydrogen-bond acceptors (Lipinski definition) is 5. The third-order valence-corrected chi connectivity index (χ3v) is 4.55. The van der Waals surface area contributed by atoms with Crippen molar-refractivity contribution in [3.63, 3.8) is 0 Å². The monoisotopic (exact) mass is 427 g/mol. The third-order valence-electron chi connectivity index (χ3n) is 4.05. The molecular formula is C20H18BrN3O3. The van der Waals surface area contributed by atoms with Crippen molar-refractivity contribution in [1.29, 1.82) is 0 Å². The Morgan fingerprint density at radius 2 is 2.15 bits per heavy atom. The molecule has 27 heavy (non-hydrogen) atoms. The quantitative estimate of drug-likeness (QED) is 0.496. The number of methoxy groups -OCH3 is 1. The van der Waals surface area contributed by atoms with Crippen LogP contribution in [0.25, 0.3) is 10.9 Å². The van der Waals surface area contributed by atoms with Crippen molar-refractivity contribution in [2.24, 2.45) is 5.10 Å². The van der Waals surface area contributed by atoms with Crippen molar-refractivity contribution in [1.82, 2.24) is 9.66 Å². The molecule has 3 rings (SSSR count). The van der Waals surface area contributed by atoms with Crippen LogP contribution < -0.4 is 10.3 Å². The molecule has 0 saturated heterocycles. The maximum absolute atomic E-state index is 12.8. The minimum atomic E-state index is -0.257. The van der Waals surface area contributed by atoms with E-state index in [4.69, 9.17) is 4.74 Å². The maximum atomic E-state index is 12.8. The first-order chi connectivity index (χ1) is 12.9. The number of hydrogen-bond donors (Lipinski definition) is 1. The lowest BCUT2D eigenvalue weighted by Gasteiger charge is -2.09. The second-order valence-electron chi connectivity index (χ2n) is 5.91. The van der Waals surface area contributed by atoms with Gasteiger partial charge in [-0.15, -0.1) is 6.58 Å². The highest BCUT2D eigenvalue weighted by molar-refractivity contribution is 9.10. The van der Waals surface area contributed by atoms with Crippen LogP contribution in [0.4, 0.5) is 0 Å². The van der Waals surface area contributed by atoms with Crippen LogP contribution in [-0.4, -0.2) is 28.1 Å². The predicted octanol–water partition coefficient (Wildman–Crippen LogP) is 3.79. The average molecular weight is 428 g/mol. The summed E-state index contributed by atoms with van der Waals surface area (Å²) in [5.41, 5.74) is 1.71. The molecule has 0 saturated carbocycles. The first kappa shape index (κ1) is 18.8. The topological polar surface area (TPSA) is 76.7 Å². The van der Waals surface area contributed by atoms with Crippen LogP contribution in [0.1, 0.15) is 17.0 Å². The van der Waals surface area contributed by atoms with Gasteiger partial charge in [-0.3, -0.25) is 4.79 Å². The summed E-state index contributed by atoms with van der Waals surface area (Å²) < 4.78 is 7.26. The van der Waals surface area contributed by atoms with E-state index in [2.05, 4.69) is 32.6 Å². The van der Waals surface area contributed by atoms with Gasteiger partial charge >= 0.3 is 0 Å². The molecule has 0 spiro atoms. The summed E-state index contributed by atoms with van der Waals surface area (Å²) in [5.74, 6) is 0.878. The van der Waals surface area contributed by atoms with Crippen molar-refractivity contribution in [2.75, 3.05) is 7.11 Å². The minimum Gasteiger partial charge on any atom is -0.504 e. The Morgan fingerprint density at radius 3 is 2.85 bits per heavy atom. The number of aryl methyl sites for hydroxylation is 1. The van der Waals surface area contributed by atoms with E-state index in [-0.39, 0.29) is 11.3 Å². The SMILES string of the molecule is C=CCc1cc(C=Nn2c(C)nc3ccc(Br)cc3c2=O)cc(OC)c1O. The molecule has 0 aliphatic rings. The Balaban J connectivity index is 2.10. The van der Waals surface area contributed by atoms with Crippen LogP contribution >= 0.6 is 15.9 Å². The van der Waals surface area contributed by atoms with E-state index >= 15 is 0 Å². The molecule has 6 nitrogen and oxygen atoms in total. The molecule has 2 aromatic carbocycles. The number of aromatic hydroxyl groups is 1. The number of allylic oxidation sites excluding steroid dienone is 1. The lowest BCUT2D eigenvalue weighted by Crippen LogP contribution is -2.20. The van der Waals surface area contributed by atoms with Crippen molar-refractivity contribution < 1.29 is 9.84 Å². The van der Waals surface area contributed by atoms with Gasteiger partial charge in [-0.2, -0.15) is 9.78 Å². The van der Waals surface area contributed by atoms with Crippen LogP contribution in [0, 0.1) is 6.92 Å². The number of phenolic OH excluding ortho intramolecular Hbond substituents is 1. The Hall–Kier alpha value is -2.93. The van der Waals surface area contributed by atoms with E-state index in [0.29, 0.717) is 40.0 Å². The molecule has 0 radical (unpaired) electrons. The summed E-state index contributed by atoms with van der Waals surface area (Å²) >= 11 is 3.37. The Labute approximate surface area is 164 Å². The zero-order valence-electron chi connectivity index (χ0n) is 14.9. The average Bonchev–Trinajstić information content (AvgIpc) is 2.64. The van der Waals surface area contributed by atoms with Gasteiger partial charge in [0.05, 0.1) is 24.2 Å². The molecule has 7 heteroatoms. The van der Waals surface area contributed by atoms with Crippen LogP contribution in [0.5, 0.6) is 11.5 Å².